The van der Waals surface area contributed by atoms with Crippen LogP contribution in [0.4, 0.5) is 0 Å². The van der Waals surface area contributed by atoms with Crippen molar-refractivity contribution in [3.8, 4) is 0 Å². The maximum Gasteiger partial charge on any atom is 0.00448 e. The van der Waals surface area contributed by atoms with Crippen LogP contribution in [0.1, 0.15) is 24.8 Å². The number of nitrogens with two attached hydrogens (primary N) is 1. The second kappa shape index (κ2) is 2.91. The van der Waals surface area contributed by atoms with Crippen LogP contribution in [0.2, 0.25) is 0 Å². The minimum atomic E-state index is 0.357. The zero-order valence-corrected chi connectivity index (χ0v) is 7.40. The third-order valence-electron chi connectivity index (χ3n) is 2.74. The van der Waals surface area contributed by atoms with E-state index in [4.69, 9.17) is 5.73 Å². The molecule has 1 aliphatic rings. The summed E-state index contributed by atoms with van der Waals surface area (Å²) in [5, 5.41) is 0. The third-order valence-corrected chi connectivity index (χ3v) is 2.74. The summed E-state index contributed by atoms with van der Waals surface area (Å²) in [5.74, 6) is 1.47. The molecule has 12 heavy (non-hydrogen) atoms. The van der Waals surface area contributed by atoms with Crippen LogP contribution in [0, 0.1) is 5.92 Å². The normalized spacial score (nSPS) is 29.8. The Morgan fingerprint density at radius 2 is 2.00 bits per heavy atom. The van der Waals surface area contributed by atoms with Gasteiger partial charge in [0, 0.05) is 6.04 Å². The molecule has 2 rings (SSSR count). The second-order valence-corrected chi connectivity index (χ2v) is 3.78. The second-order valence-electron chi connectivity index (χ2n) is 3.78. The van der Waals surface area contributed by atoms with Crippen LogP contribution in [-0.4, -0.2) is 6.04 Å². The Bertz CT molecular complexity index is 253. The molecule has 0 spiro atoms. The highest BCUT2D eigenvalue weighted by molar-refractivity contribution is 5.26. The first-order chi connectivity index (χ1) is 5.79. The molecule has 2 N–H and O–H groups in total. The average molecular weight is 161 g/mol. The minimum absolute atomic E-state index is 0.357. The highest BCUT2D eigenvalue weighted by atomic mass is 14.7. The molecule has 0 unspecified atom stereocenters. The smallest absolute Gasteiger partial charge is 0.00448 e. The SMILES string of the molecule is C[C@@H](N)[C@@H]1C[C@@H]1c1ccccc1. The number of hydrogen-bond donors (Lipinski definition) is 1. The van der Waals surface area contributed by atoms with E-state index in [1.807, 2.05) is 0 Å². The Balaban J connectivity index is 2.06. The number of benzene rings is 1. The van der Waals surface area contributed by atoms with Gasteiger partial charge < -0.3 is 5.73 Å². The molecule has 0 radical (unpaired) electrons. The lowest BCUT2D eigenvalue weighted by Gasteiger charge is -2.02. The molecule has 0 aromatic heterocycles. The van der Waals surface area contributed by atoms with Gasteiger partial charge in [-0.2, -0.15) is 0 Å². The minimum Gasteiger partial charge on any atom is -0.328 e. The van der Waals surface area contributed by atoms with E-state index in [1.165, 1.54) is 12.0 Å². The molecular weight excluding hydrogens is 146 g/mol. The van der Waals surface area contributed by atoms with E-state index in [2.05, 4.69) is 37.3 Å². The summed E-state index contributed by atoms with van der Waals surface area (Å²) in [4.78, 5) is 0. The van der Waals surface area contributed by atoms with Crippen molar-refractivity contribution in [1.29, 1.82) is 0 Å². The summed E-state index contributed by atoms with van der Waals surface area (Å²) in [6.45, 7) is 2.10. The Labute approximate surface area is 73.6 Å². The van der Waals surface area contributed by atoms with Crippen molar-refractivity contribution in [2.75, 3.05) is 0 Å². The fraction of sp³-hybridized carbons (Fsp3) is 0.455. The van der Waals surface area contributed by atoms with Gasteiger partial charge in [-0.3, -0.25) is 0 Å². The van der Waals surface area contributed by atoms with Crippen LogP contribution in [0.25, 0.3) is 0 Å². The van der Waals surface area contributed by atoms with E-state index in [0.717, 1.165) is 11.8 Å². The topological polar surface area (TPSA) is 26.0 Å². The van der Waals surface area contributed by atoms with E-state index in [-0.39, 0.29) is 0 Å². The lowest BCUT2D eigenvalue weighted by molar-refractivity contribution is 0.631. The van der Waals surface area contributed by atoms with Gasteiger partial charge in [-0.1, -0.05) is 30.3 Å². The maximum atomic E-state index is 5.83. The van der Waals surface area contributed by atoms with E-state index in [1.54, 1.807) is 0 Å². The molecule has 1 aliphatic carbocycles. The molecule has 1 aromatic carbocycles. The third kappa shape index (κ3) is 1.37. The molecular formula is C11H15N. The van der Waals surface area contributed by atoms with Crippen LogP contribution in [0.3, 0.4) is 0 Å². The fourth-order valence-electron chi connectivity index (χ4n) is 1.88. The predicted molar refractivity (Wildman–Crippen MR) is 50.9 cm³/mol. The summed E-state index contributed by atoms with van der Waals surface area (Å²) < 4.78 is 0. The number of rotatable bonds is 2. The van der Waals surface area contributed by atoms with Crippen molar-refractivity contribution in [3.63, 3.8) is 0 Å². The first-order valence-corrected chi connectivity index (χ1v) is 4.59. The zero-order valence-electron chi connectivity index (χ0n) is 7.40. The van der Waals surface area contributed by atoms with E-state index < -0.39 is 0 Å². The molecule has 0 bridgehead atoms. The summed E-state index contributed by atoms with van der Waals surface area (Å²) in [7, 11) is 0. The first kappa shape index (κ1) is 7.81. The van der Waals surface area contributed by atoms with Crippen molar-refractivity contribution < 1.29 is 0 Å². The highest BCUT2D eigenvalue weighted by Gasteiger charge is 2.40. The highest BCUT2D eigenvalue weighted by Crippen LogP contribution is 2.48. The molecule has 1 fully saturated rings. The molecule has 1 nitrogen and oxygen atoms in total. The zero-order chi connectivity index (χ0) is 8.55. The van der Waals surface area contributed by atoms with Crippen LogP contribution in [0.15, 0.2) is 30.3 Å². The Morgan fingerprint density at radius 1 is 1.33 bits per heavy atom. The molecule has 1 heteroatoms. The summed E-state index contributed by atoms with van der Waals surface area (Å²) in [6.07, 6.45) is 1.28. The largest absolute Gasteiger partial charge is 0.328 e. The van der Waals surface area contributed by atoms with Gasteiger partial charge in [0.05, 0.1) is 0 Å². The van der Waals surface area contributed by atoms with Crippen LogP contribution in [-0.2, 0) is 0 Å². The van der Waals surface area contributed by atoms with Crippen molar-refractivity contribution in [2.45, 2.75) is 25.3 Å². The summed E-state index contributed by atoms with van der Waals surface area (Å²) in [5.41, 5.74) is 7.28. The summed E-state index contributed by atoms with van der Waals surface area (Å²) in [6, 6.07) is 11.0. The standard InChI is InChI=1S/C11H15N/c1-8(12)10-7-11(10)9-5-3-2-4-6-9/h2-6,8,10-11H,7,12H2,1H3/t8-,10+,11-/m1/s1. The van der Waals surface area contributed by atoms with E-state index in [0.29, 0.717) is 6.04 Å². The van der Waals surface area contributed by atoms with Crippen LogP contribution < -0.4 is 5.73 Å². The number of hydrogen-bond acceptors (Lipinski definition) is 1. The molecule has 0 aliphatic heterocycles. The molecule has 1 aromatic rings. The van der Waals surface area contributed by atoms with Gasteiger partial charge in [-0.15, -0.1) is 0 Å². The maximum absolute atomic E-state index is 5.83. The van der Waals surface area contributed by atoms with E-state index >= 15 is 0 Å². The Kier molecular flexibility index (Phi) is 1.89. The lowest BCUT2D eigenvalue weighted by atomic mass is 10.1. The van der Waals surface area contributed by atoms with Crippen molar-refractivity contribution in [2.24, 2.45) is 11.7 Å². The fourth-order valence-corrected chi connectivity index (χ4v) is 1.88. The van der Waals surface area contributed by atoms with Gasteiger partial charge in [0.1, 0.15) is 0 Å². The van der Waals surface area contributed by atoms with Gasteiger partial charge >= 0.3 is 0 Å². The molecule has 0 saturated heterocycles. The summed E-state index contributed by atoms with van der Waals surface area (Å²) >= 11 is 0. The Hall–Kier alpha value is -0.820. The molecule has 64 valence electrons. The van der Waals surface area contributed by atoms with E-state index in [9.17, 15) is 0 Å². The van der Waals surface area contributed by atoms with Gasteiger partial charge in [0.15, 0.2) is 0 Å². The molecule has 3 atom stereocenters. The van der Waals surface area contributed by atoms with Crippen LogP contribution >= 0.6 is 0 Å². The van der Waals surface area contributed by atoms with Crippen molar-refractivity contribution >= 4 is 0 Å². The van der Waals surface area contributed by atoms with Gasteiger partial charge in [0.25, 0.3) is 0 Å². The van der Waals surface area contributed by atoms with Crippen LogP contribution in [0.5, 0.6) is 0 Å². The molecule has 0 amide bonds. The molecule has 0 heterocycles. The average Bonchev–Trinajstić information content (AvgIpc) is 2.84. The molecule has 1 saturated carbocycles. The predicted octanol–water partition coefficient (Wildman–Crippen LogP) is 2.14. The quantitative estimate of drug-likeness (QED) is 0.706. The van der Waals surface area contributed by atoms with Crippen molar-refractivity contribution in [3.05, 3.63) is 35.9 Å². The monoisotopic (exact) mass is 161 g/mol. The Morgan fingerprint density at radius 3 is 2.50 bits per heavy atom. The lowest BCUT2D eigenvalue weighted by Crippen LogP contribution is -2.17. The van der Waals surface area contributed by atoms with Gasteiger partial charge in [-0.05, 0) is 30.7 Å². The van der Waals surface area contributed by atoms with Gasteiger partial charge in [0.2, 0.25) is 0 Å². The van der Waals surface area contributed by atoms with Crippen molar-refractivity contribution in [1.82, 2.24) is 0 Å². The first-order valence-electron chi connectivity index (χ1n) is 4.59. The van der Waals surface area contributed by atoms with Gasteiger partial charge in [-0.25, -0.2) is 0 Å².